The second-order valence-electron chi connectivity index (χ2n) is 13.2. The molecule has 5 nitrogen and oxygen atoms in total. The van der Waals surface area contributed by atoms with Crippen molar-refractivity contribution in [3.05, 3.63) is 87.7 Å². The molecule has 3 aromatic rings. The Morgan fingerprint density at radius 1 is 0.884 bits per heavy atom. The van der Waals surface area contributed by atoms with Crippen LogP contribution in [0.2, 0.25) is 0 Å². The van der Waals surface area contributed by atoms with Gasteiger partial charge < -0.3 is 24.0 Å². The summed E-state index contributed by atoms with van der Waals surface area (Å²) >= 11 is 3.64. The fourth-order valence-electron chi connectivity index (χ4n) is 6.28. The number of anilines is 1. The Balaban J connectivity index is 1.25. The van der Waals surface area contributed by atoms with Gasteiger partial charge in [-0.05, 0) is 130 Å². The predicted molar refractivity (Wildman–Crippen MR) is 179 cm³/mol. The lowest BCUT2D eigenvalue weighted by atomic mass is 9.97. The quantitative estimate of drug-likeness (QED) is 0.205. The molecular formula is C37H45BrN2O3. The Kier molecular flexibility index (Phi) is 8.68. The maximum absolute atomic E-state index is 6.47. The third kappa shape index (κ3) is 7.17. The number of halogens is 1. The third-order valence-electron chi connectivity index (χ3n) is 8.69. The molecule has 228 valence electrons. The lowest BCUT2D eigenvalue weighted by molar-refractivity contribution is -0.00541. The number of rotatable bonds is 10. The highest BCUT2D eigenvalue weighted by Gasteiger charge is 2.33. The van der Waals surface area contributed by atoms with E-state index in [1.54, 1.807) is 14.2 Å². The molecule has 3 aliphatic rings. The van der Waals surface area contributed by atoms with Gasteiger partial charge in [0, 0.05) is 41.4 Å². The third-order valence-corrected chi connectivity index (χ3v) is 9.22. The van der Waals surface area contributed by atoms with E-state index in [-0.39, 0.29) is 5.60 Å². The molecule has 0 atom stereocenters. The van der Waals surface area contributed by atoms with Crippen LogP contribution in [0, 0.1) is 0 Å². The van der Waals surface area contributed by atoms with Crippen molar-refractivity contribution >= 4 is 21.6 Å². The Morgan fingerprint density at radius 3 is 2.21 bits per heavy atom. The number of piperidine rings is 1. The van der Waals surface area contributed by atoms with Crippen molar-refractivity contribution in [2.24, 2.45) is 0 Å². The maximum atomic E-state index is 6.47. The first-order chi connectivity index (χ1) is 20.7. The number of likely N-dealkylation sites (tertiary alicyclic amines) is 1. The highest BCUT2D eigenvalue weighted by Crippen LogP contribution is 2.49. The van der Waals surface area contributed by atoms with Crippen LogP contribution in [-0.4, -0.2) is 43.9 Å². The van der Waals surface area contributed by atoms with Crippen LogP contribution < -0.4 is 14.4 Å². The number of hydrogen-bond acceptors (Lipinski definition) is 5. The molecule has 43 heavy (non-hydrogen) atoms. The number of allylic oxidation sites excluding steroid dienone is 1. The van der Waals surface area contributed by atoms with E-state index in [1.807, 2.05) is 0 Å². The average Bonchev–Trinajstić information content (AvgIpc) is 3.93. The monoisotopic (exact) mass is 644 g/mol. The zero-order chi connectivity index (χ0) is 30.1. The molecule has 1 aliphatic heterocycles. The molecule has 0 aromatic heterocycles. The molecule has 0 N–H and O–H groups in total. The number of hydrogen-bond donors (Lipinski definition) is 0. The standard InChI is InChI=1S/C37H45BrN2O3/c1-37(2,3)43-36(27-11-12-27)39-19-17-32(18-20-39)40(31-15-13-30(38)14-16-31)24-25-7-6-8-28(21-25)29-22-33(26-9-10-26)35(42-5)34(23-29)41-4/h6-8,13-16,21-23,26,32H,9-12,17-20,24H2,1-5H3. The van der Waals surface area contributed by atoms with Crippen LogP contribution in [0.5, 0.6) is 11.5 Å². The summed E-state index contributed by atoms with van der Waals surface area (Å²) in [7, 11) is 3.47. The van der Waals surface area contributed by atoms with Crippen molar-refractivity contribution in [3.8, 4) is 22.6 Å². The minimum absolute atomic E-state index is 0.177. The van der Waals surface area contributed by atoms with Crippen molar-refractivity contribution in [1.29, 1.82) is 0 Å². The van der Waals surface area contributed by atoms with E-state index < -0.39 is 0 Å². The highest BCUT2D eigenvalue weighted by atomic mass is 79.9. The summed E-state index contributed by atoms with van der Waals surface area (Å²) in [5.41, 5.74) is 7.54. The van der Waals surface area contributed by atoms with E-state index in [2.05, 4.69) is 107 Å². The fourth-order valence-corrected chi connectivity index (χ4v) is 6.54. The average molecular weight is 646 g/mol. The number of nitrogens with zero attached hydrogens (tertiary/aromatic N) is 2. The van der Waals surface area contributed by atoms with Crippen molar-refractivity contribution in [2.75, 3.05) is 32.2 Å². The minimum atomic E-state index is -0.177. The number of ether oxygens (including phenoxy) is 3. The van der Waals surface area contributed by atoms with Gasteiger partial charge in [0.15, 0.2) is 17.4 Å². The van der Waals surface area contributed by atoms with Crippen LogP contribution in [0.3, 0.4) is 0 Å². The van der Waals surface area contributed by atoms with Gasteiger partial charge in [0.2, 0.25) is 0 Å². The first-order valence-electron chi connectivity index (χ1n) is 15.8. The van der Waals surface area contributed by atoms with Crippen LogP contribution in [0.15, 0.2) is 76.6 Å². The molecule has 0 unspecified atom stereocenters. The summed E-state index contributed by atoms with van der Waals surface area (Å²) in [4.78, 5) is 5.11. The van der Waals surface area contributed by atoms with Gasteiger partial charge in [0.05, 0.1) is 14.2 Å². The van der Waals surface area contributed by atoms with E-state index in [1.165, 1.54) is 59.2 Å². The Bertz CT molecular complexity index is 1460. The molecular weight excluding hydrogens is 600 g/mol. The van der Waals surface area contributed by atoms with Gasteiger partial charge in [-0.2, -0.15) is 0 Å². The van der Waals surface area contributed by atoms with Gasteiger partial charge in [-0.1, -0.05) is 34.1 Å². The normalized spacial score (nSPS) is 17.1. The van der Waals surface area contributed by atoms with Crippen molar-refractivity contribution in [1.82, 2.24) is 4.90 Å². The molecule has 3 aromatic carbocycles. The smallest absolute Gasteiger partial charge is 0.188 e. The summed E-state index contributed by atoms with van der Waals surface area (Å²) in [6.07, 6.45) is 6.97. The molecule has 6 heteroatoms. The fraction of sp³-hybridized carbons (Fsp3) is 0.459. The second kappa shape index (κ2) is 12.5. The van der Waals surface area contributed by atoms with Crippen LogP contribution in [0.4, 0.5) is 5.69 Å². The largest absolute Gasteiger partial charge is 0.493 e. The summed E-state index contributed by atoms with van der Waals surface area (Å²) in [6, 6.07) is 22.7. The molecule has 1 saturated heterocycles. The Morgan fingerprint density at radius 2 is 1.60 bits per heavy atom. The van der Waals surface area contributed by atoms with Crippen molar-refractivity contribution in [2.45, 2.75) is 83.4 Å². The Hall–Kier alpha value is -3.12. The lowest BCUT2D eigenvalue weighted by Crippen LogP contribution is -2.45. The maximum Gasteiger partial charge on any atom is 0.188 e. The van der Waals surface area contributed by atoms with Crippen molar-refractivity contribution < 1.29 is 14.2 Å². The molecule has 1 heterocycles. The molecule has 2 saturated carbocycles. The van der Waals surface area contributed by atoms with Gasteiger partial charge in [-0.25, -0.2) is 0 Å². The molecule has 6 rings (SSSR count). The Labute approximate surface area is 266 Å². The van der Waals surface area contributed by atoms with Crippen LogP contribution in [0.25, 0.3) is 11.1 Å². The lowest BCUT2D eigenvalue weighted by Gasteiger charge is -2.42. The van der Waals surface area contributed by atoms with Gasteiger partial charge in [-0.15, -0.1) is 0 Å². The molecule has 3 fully saturated rings. The second-order valence-corrected chi connectivity index (χ2v) is 14.1. The van der Waals surface area contributed by atoms with E-state index >= 15 is 0 Å². The SMILES string of the molecule is COc1cc(-c2cccc(CN(c3ccc(Br)cc3)C3CCN(C(OC(C)(C)C)=C4CC4)CC3)c2)cc(C2CC2)c1OC. The van der Waals surface area contributed by atoms with E-state index in [9.17, 15) is 0 Å². The van der Waals surface area contributed by atoms with E-state index in [4.69, 9.17) is 14.2 Å². The zero-order valence-electron chi connectivity index (χ0n) is 26.3. The molecule has 0 radical (unpaired) electrons. The van der Waals surface area contributed by atoms with Crippen LogP contribution >= 0.6 is 15.9 Å². The number of methoxy groups -OCH3 is 2. The molecule has 0 bridgehead atoms. The molecule has 0 amide bonds. The van der Waals surface area contributed by atoms with Gasteiger partial charge in [0.25, 0.3) is 0 Å². The molecule has 0 spiro atoms. The summed E-state index contributed by atoms with van der Waals surface area (Å²) in [5, 5.41) is 0. The minimum Gasteiger partial charge on any atom is -0.493 e. The predicted octanol–water partition coefficient (Wildman–Crippen LogP) is 9.30. The summed E-state index contributed by atoms with van der Waals surface area (Å²) in [6.45, 7) is 9.35. The molecule has 2 aliphatic carbocycles. The van der Waals surface area contributed by atoms with E-state index in [0.29, 0.717) is 12.0 Å². The summed E-state index contributed by atoms with van der Waals surface area (Å²) in [5.74, 6) is 3.41. The van der Waals surface area contributed by atoms with Gasteiger partial charge in [0.1, 0.15) is 5.60 Å². The van der Waals surface area contributed by atoms with Gasteiger partial charge in [-0.3, -0.25) is 0 Å². The van der Waals surface area contributed by atoms with E-state index in [0.717, 1.165) is 54.3 Å². The highest BCUT2D eigenvalue weighted by molar-refractivity contribution is 9.10. The zero-order valence-corrected chi connectivity index (χ0v) is 27.9. The first kappa shape index (κ1) is 29.9. The van der Waals surface area contributed by atoms with Gasteiger partial charge >= 0.3 is 0 Å². The summed E-state index contributed by atoms with van der Waals surface area (Å²) < 4.78 is 19.1. The van der Waals surface area contributed by atoms with Crippen LogP contribution in [0.1, 0.15) is 76.3 Å². The topological polar surface area (TPSA) is 34.2 Å². The van der Waals surface area contributed by atoms with Crippen molar-refractivity contribution in [3.63, 3.8) is 0 Å². The van der Waals surface area contributed by atoms with Crippen LogP contribution in [-0.2, 0) is 11.3 Å². The number of benzene rings is 3. The first-order valence-corrected chi connectivity index (χ1v) is 16.5.